The Kier molecular flexibility index (Phi) is 3.96. The molecule has 3 aromatic rings. The van der Waals surface area contributed by atoms with Crippen molar-refractivity contribution in [1.29, 1.82) is 0 Å². The van der Waals surface area contributed by atoms with Gasteiger partial charge in [-0.15, -0.1) is 0 Å². The quantitative estimate of drug-likeness (QED) is 0.690. The molecule has 3 aromatic heterocycles. The molecule has 2 aliphatic rings. The minimum absolute atomic E-state index is 0.0837. The maximum absolute atomic E-state index is 12.5. The van der Waals surface area contributed by atoms with Crippen molar-refractivity contribution in [1.82, 2.24) is 20.0 Å². The first-order valence-corrected chi connectivity index (χ1v) is 9.34. The standard InChI is InChI=1S/C20H19N5O3/c26-12-25(15-1-2-15)18-9-17(16-3-6-21-19(16)23-18)13-4-7-24(8-5-13)20(27)14-10-22-28-11-14/h3-4,6,9-12,15H,1-2,5,7-8H2,(H,21,23). The molecule has 28 heavy (non-hydrogen) atoms. The fraction of sp³-hybridized carbons (Fsp3) is 0.300. The summed E-state index contributed by atoms with van der Waals surface area (Å²) < 4.78 is 4.77. The van der Waals surface area contributed by atoms with Crippen LogP contribution in [0.1, 0.15) is 35.2 Å². The minimum atomic E-state index is -0.0837. The second-order valence-electron chi connectivity index (χ2n) is 7.16. The van der Waals surface area contributed by atoms with E-state index in [0.29, 0.717) is 24.5 Å². The fourth-order valence-electron chi connectivity index (χ4n) is 3.69. The van der Waals surface area contributed by atoms with Crippen molar-refractivity contribution in [2.45, 2.75) is 25.3 Å². The Bertz CT molecular complexity index is 1060. The first kappa shape index (κ1) is 16.7. The maximum Gasteiger partial charge on any atom is 0.259 e. The van der Waals surface area contributed by atoms with E-state index in [1.165, 1.54) is 12.5 Å². The van der Waals surface area contributed by atoms with Crippen LogP contribution in [0.2, 0.25) is 0 Å². The molecule has 2 amide bonds. The summed E-state index contributed by atoms with van der Waals surface area (Å²) in [5.41, 5.74) is 3.45. The summed E-state index contributed by atoms with van der Waals surface area (Å²) in [5.74, 6) is 0.589. The lowest BCUT2D eigenvalue weighted by molar-refractivity contribution is -0.107. The van der Waals surface area contributed by atoms with Gasteiger partial charge in [-0.1, -0.05) is 11.2 Å². The number of nitrogens with zero attached hydrogens (tertiary/aromatic N) is 4. The number of nitrogens with one attached hydrogen (secondary N) is 1. The van der Waals surface area contributed by atoms with Gasteiger partial charge in [0.15, 0.2) is 0 Å². The number of aromatic amines is 1. The van der Waals surface area contributed by atoms with Crippen LogP contribution in [0.25, 0.3) is 16.6 Å². The van der Waals surface area contributed by atoms with E-state index in [9.17, 15) is 9.59 Å². The lowest BCUT2D eigenvalue weighted by Gasteiger charge is -2.27. The summed E-state index contributed by atoms with van der Waals surface area (Å²) in [5, 5.41) is 4.62. The van der Waals surface area contributed by atoms with Gasteiger partial charge in [-0.3, -0.25) is 14.5 Å². The molecule has 0 bridgehead atoms. The zero-order chi connectivity index (χ0) is 19.1. The zero-order valence-electron chi connectivity index (χ0n) is 15.2. The van der Waals surface area contributed by atoms with Gasteiger partial charge in [-0.2, -0.15) is 0 Å². The van der Waals surface area contributed by atoms with Crippen LogP contribution in [0.5, 0.6) is 0 Å². The van der Waals surface area contributed by atoms with Crippen molar-refractivity contribution in [3.05, 3.63) is 48.0 Å². The summed E-state index contributed by atoms with van der Waals surface area (Å²) in [6.45, 7) is 1.13. The average Bonchev–Trinajstić information content (AvgIpc) is 3.21. The van der Waals surface area contributed by atoms with Gasteiger partial charge in [0.1, 0.15) is 17.7 Å². The van der Waals surface area contributed by atoms with Crippen LogP contribution in [0.3, 0.4) is 0 Å². The Morgan fingerprint density at radius 1 is 1.39 bits per heavy atom. The molecule has 0 unspecified atom stereocenters. The van der Waals surface area contributed by atoms with E-state index in [2.05, 4.69) is 21.2 Å². The first-order chi connectivity index (χ1) is 13.7. The van der Waals surface area contributed by atoms with Crippen molar-refractivity contribution in [3.63, 3.8) is 0 Å². The molecule has 0 spiro atoms. The van der Waals surface area contributed by atoms with Gasteiger partial charge in [-0.25, -0.2) is 4.98 Å². The van der Waals surface area contributed by atoms with Crippen molar-refractivity contribution in [3.8, 4) is 0 Å². The molecule has 0 aromatic carbocycles. The van der Waals surface area contributed by atoms with E-state index in [1.54, 1.807) is 9.80 Å². The Morgan fingerprint density at radius 3 is 2.96 bits per heavy atom. The predicted octanol–water partition coefficient (Wildman–Crippen LogP) is 2.61. The molecule has 1 aliphatic carbocycles. The van der Waals surface area contributed by atoms with Crippen molar-refractivity contribution in [2.75, 3.05) is 18.0 Å². The number of carbonyl (C=O) groups excluding carboxylic acids is 2. The van der Waals surface area contributed by atoms with Gasteiger partial charge in [0.25, 0.3) is 5.91 Å². The largest absolute Gasteiger partial charge is 0.364 e. The van der Waals surface area contributed by atoms with Gasteiger partial charge in [0, 0.05) is 30.7 Å². The van der Waals surface area contributed by atoms with Gasteiger partial charge in [0.2, 0.25) is 6.41 Å². The number of anilines is 1. The molecule has 0 saturated heterocycles. The number of carbonyl (C=O) groups is 2. The summed E-state index contributed by atoms with van der Waals surface area (Å²) in [4.78, 5) is 35.3. The number of fused-ring (bicyclic) bond motifs is 1. The minimum Gasteiger partial charge on any atom is -0.364 e. The number of hydrogen-bond donors (Lipinski definition) is 1. The molecule has 142 valence electrons. The summed E-state index contributed by atoms with van der Waals surface area (Å²) in [6, 6.07) is 4.24. The molecule has 0 atom stereocenters. The average molecular weight is 377 g/mol. The molecule has 1 saturated carbocycles. The molecule has 0 radical (unpaired) electrons. The number of amides is 2. The predicted molar refractivity (Wildman–Crippen MR) is 103 cm³/mol. The maximum atomic E-state index is 12.5. The topological polar surface area (TPSA) is 95.3 Å². The second kappa shape index (κ2) is 6.63. The van der Waals surface area contributed by atoms with E-state index in [4.69, 9.17) is 4.52 Å². The number of aromatic nitrogens is 3. The van der Waals surface area contributed by atoms with Gasteiger partial charge < -0.3 is 14.4 Å². The van der Waals surface area contributed by atoms with E-state index in [-0.39, 0.29) is 11.9 Å². The SMILES string of the molecule is O=CN(c1cc(C2=CCN(C(=O)c3cnoc3)CC2)c2cc[nH]c2n1)C1CC1. The van der Waals surface area contributed by atoms with E-state index >= 15 is 0 Å². The molecule has 1 N–H and O–H groups in total. The fourth-order valence-corrected chi connectivity index (χ4v) is 3.69. The van der Waals surface area contributed by atoms with Crippen molar-refractivity contribution < 1.29 is 14.1 Å². The number of pyridine rings is 1. The molecule has 4 heterocycles. The molecular formula is C20H19N5O3. The third-order valence-corrected chi connectivity index (χ3v) is 5.36. The lowest BCUT2D eigenvalue weighted by atomic mass is 9.97. The van der Waals surface area contributed by atoms with Gasteiger partial charge in [-0.05, 0) is 42.5 Å². The van der Waals surface area contributed by atoms with Crippen molar-refractivity contribution in [2.24, 2.45) is 0 Å². The normalized spacial score (nSPS) is 16.9. The third kappa shape index (κ3) is 2.87. The first-order valence-electron chi connectivity index (χ1n) is 9.34. The summed E-state index contributed by atoms with van der Waals surface area (Å²) >= 11 is 0. The van der Waals surface area contributed by atoms with E-state index < -0.39 is 0 Å². The summed E-state index contributed by atoms with van der Waals surface area (Å²) in [7, 11) is 0. The molecule has 1 aliphatic heterocycles. The Hall–Kier alpha value is -3.42. The van der Waals surface area contributed by atoms with Crippen LogP contribution >= 0.6 is 0 Å². The van der Waals surface area contributed by atoms with E-state index in [1.807, 2.05) is 18.3 Å². The molecule has 8 nitrogen and oxygen atoms in total. The molecule has 8 heteroatoms. The Balaban J connectivity index is 1.46. The highest BCUT2D eigenvalue weighted by atomic mass is 16.5. The lowest BCUT2D eigenvalue weighted by Crippen LogP contribution is -2.34. The highest BCUT2D eigenvalue weighted by molar-refractivity contribution is 5.96. The van der Waals surface area contributed by atoms with Crippen LogP contribution in [0.4, 0.5) is 5.82 Å². The zero-order valence-corrected chi connectivity index (χ0v) is 15.2. The van der Waals surface area contributed by atoms with Crippen LogP contribution in [-0.2, 0) is 4.79 Å². The Morgan fingerprint density at radius 2 is 2.29 bits per heavy atom. The molecule has 1 fully saturated rings. The monoisotopic (exact) mass is 377 g/mol. The van der Waals surface area contributed by atoms with Crippen molar-refractivity contribution >= 4 is 34.7 Å². The number of hydrogen-bond acceptors (Lipinski definition) is 5. The third-order valence-electron chi connectivity index (χ3n) is 5.36. The molecular weight excluding hydrogens is 358 g/mol. The smallest absolute Gasteiger partial charge is 0.259 e. The highest BCUT2D eigenvalue weighted by Crippen LogP contribution is 2.35. The number of rotatable bonds is 5. The second-order valence-corrected chi connectivity index (χ2v) is 7.16. The van der Waals surface area contributed by atoms with Crippen LogP contribution in [0.15, 0.2) is 41.4 Å². The van der Waals surface area contributed by atoms with Crippen LogP contribution in [0, 0.1) is 0 Å². The van der Waals surface area contributed by atoms with Gasteiger partial charge >= 0.3 is 0 Å². The van der Waals surface area contributed by atoms with Gasteiger partial charge in [0.05, 0.1) is 11.8 Å². The number of H-pyrrole nitrogens is 1. The molecule has 5 rings (SSSR count). The summed E-state index contributed by atoms with van der Waals surface area (Å²) in [6.07, 6.45) is 10.4. The van der Waals surface area contributed by atoms with Crippen LogP contribution in [-0.4, -0.2) is 51.5 Å². The highest BCUT2D eigenvalue weighted by Gasteiger charge is 2.31. The Labute approximate surface area is 160 Å². The van der Waals surface area contributed by atoms with E-state index in [0.717, 1.165) is 47.8 Å². The van der Waals surface area contributed by atoms with Crippen LogP contribution < -0.4 is 4.90 Å².